The topological polar surface area (TPSA) is 107 Å². The third-order valence-electron chi connectivity index (χ3n) is 5.71. The first kappa shape index (κ1) is 27.1. The van der Waals surface area contributed by atoms with Crippen LogP contribution >= 0.6 is 0 Å². The van der Waals surface area contributed by atoms with Gasteiger partial charge in [0.2, 0.25) is 0 Å². The van der Waals surface area contributed by atoms with Crippen molar-refractivity contribution in [3.63, 3.8) is 0 Å². The zero-order valence-corrected chi connectivity index (χ0v) is 18.8. The van der Waals surface area contributed by atoms with Crippen LogP contribution in [0.3, 0.4) is 0 Å². The number of cyclic esters (lactones) is 1. The zero-order chi connectivity index (χ0) is 22.2. The molecule has 1 aliphatic heterocycles. The Bertz CT molecular complexity index is 465. The molecule has 4 N–H and O–H groups in total. The largest absolute Gasteiger partial charge is 0.459 e. The van der Waals surface area contributed by atoms with Crippen molar-refractivity contribution in [3.8, 4) is 0 Å². The van der Waals surface area contributed by atoms with Gasteiger partial charge in [-0.3, -0.25) is 0 Å². The lowest BCUT2D eigenvalue weighted by Crippen LogP contribution is -2.27. The van der Waals surface area contributed by atoms with Gasteiger partial charge in [-0.1, -0.05) is 64.2 Å². The van der Waals surface area contributed by atoms with Crippen molar-refractivity contribution >= 4 is 5.97 Å². The van der Waals surface area contributed by atoms with E-state index in [1.807, 2.05) is 0 Å². The Hall–Kier alpha value is -0.950. The Labute approximate surface area is 182 Å². The zero-order valence-electron chi connectivity index (χ0n) is 18.8. The van der Waals surface area contributed by atoms with Crippen LogP contribution in [0.1, 0.15) is 103 Å². The molecule has 0 saturated heterocycles. The molecule has 0 spiro atoms. The minimum atomic E-state index is -0.911. The van der Waals surface area contributed by atoms with Gasteiger partial charge in [-0.05, 0) is 25.8 Å². The summed E-state index contributed by atoms with van der Waals surface area (Å²) in [6, 6.07) is 0. The number of hydrogen-bond acceptors (Lipinski definition) is 6. The highest BCUT2D eigenvalue weighted by Gasteiger charge is 2.20. The van der Waals surface area contributed by atoms with Gasteiger partial charge in [-0.15, -0.1) is 0 Å². The molecule has 6 nitrogen and oxygen atoms in total. The summed E-state index contributed by atoms with van der Waals surface area (Å²) in [5.74, 6) is -0.608. The summed E-state index contributed by atoms with van der Waals surface area (Å²) in [5.41, 5.74) is 0. The Morgan fingerprint density at radius 2 is 1.33 bits per heavy atom. The molecule has 0 aromatic carbocycles. The number of carbonyl (C=O) groups is 1. The van der Waals surface area contributed by atoms with Gasteiger partial charge in [-0.25, -0.2) is 4.79 Å². The smallest absolute Gasteiger partial charge is 0.330 e. The molecule has 176 valence electrons. The third-order valence-corrected chi connectivity index (χ3v) is 5.71. The van der Waals surface area contributed by atoms with Gasteiger partial charge in [-0.2, -0.15) is 0 Å². The van der Waals surface area contributed by atoms with Crippen LogP contribution in [-0.2, 0) is 9.53 Å². The van der Waals surface area contributed by atoms with E-state index in [1.54, 1.807) is 6.92 Å². The first-order chi connectivity index (χ1) is 14.4. The van der Waals surface area contributed by atoms with Crippen LogP contribution in [0, 0.1) is 0 Å². The van der Waals surface area contributed by atoms with Crippen molar-refractivity contribution < 1.29 is 30.0 Å². The number of aliphatic hydroxyl groups is 4. The molecule has 6 heteroatoms. The maximum Gasteiger partial charge on any atom is 0.330 e. The summed E-state index contributed by atoms with van der Waals surface area (Å²) < 4.78 is 5.40. The monoisotopic (exact) mass is 428 g/mol. The van der Waals surface area contributed by atoms with Gasteiger partial charge < -0.3 is 25.2 Å². The van der Waals surface area contributed by atoms with E-state index < -0.39 is 36.5 Å². The number of ether oxygens (including phenoxy) is 1. The van der Waals surface area contributed by atoms with E-state index in [9.17, 15) is 25.2 Å². The second-order valence-corrected chi connectivity index (χ2v) is 8.96. The van der Waals surface area contributed by atoms with Crippen LogP contribution in [0.4, 0.5) is 0 Å². The van der Waals surface area contributed by atoms with E-state index >= 15 is 0 Å². The minimum Gasteiger partial charge on any atom is -0.459 e. The molecule has 0 bridgehead atoms. The molecule has 0 aromatic rings. The van der Waals surface area contributed by atoms with Crippen LogP contribution < -0.4 is 0 Å². The van der Waals surface area contributed by atoms with Crippen molar-refractivity contribution in [3.05, 3.63) is 12.2 Å². The van der Waals surface area contributed by atoms with Crippen molar-refractivity contribution in [1.82, 2.24) is 0 Å². The average molecular weight is 429 g/mol. The highest BCUT2D eigenvalue weighted by molar-refractivity contribution is 5.82. The minimum absolute atomic E-state index is 0.194. The van der Waals surface area contributed by atoms with Crippen LogP contribution in [0.5, 0.6) is 0 Å². The first-order valence-corrected chi connectivity index (χ1v) is 12.0. The standard InChI is InChI=1S/C24H44O6/c1-19(25)16-23-18-21(27)13-11-9-7-5-3-2-4-6-8-10-12-20(26)17-22(28)14-15-24(29)30-23/h14-15,19-23,25-28H,2-13,16-18H2,1H3/b15-14-/t19-,20+,21-,22-,23-/m1/s1. The van der Waals surface area contributed by atoms with Gasteiger partial charge in [0, 0.05) is 25.3 Å². The molecular formula is C24H44O6. The molecule has 30 heavy (non-hydrogen) atoms. The van der Waals surface area contributed by atoms with E-state index in [0.717, 1.165) is 25.7 Å². The number of carbonyl (C=O) groups excluding carboxylic acids is 1. The maximum atomic E-state index is 12.1. The van der Waals surface area contributed by atoms with Gasteiger partial charge in [0.25, 0.3) is 0 Å². The lowest BCUT2D eigenvalue weighted by molar-refractivity contribution is -0.145. The summed E-state index contributed by atoms with van der Waals surface area (Å²) in [6.45, 7) is 1.63. The molecule has 1 rings (SSSR count). The fourth-order valence-corrected chi connectivity index (χ4v) is 4.04. The molecule has 0 aromatic heterocycles. The number of aliphatic hydroxyl groups excluding tert-OH is 4. The molecular weight excluding hydrogens is 384 g/mol. The van der Waals surface area contributed by atoms with Crippen LogP contribution in [0.25, 0.3) is 0 Å². The normalized spacial score (nSPS) is 32.2. The molecule has 0 radical (unpaired) electrons. The second-order valence-electron chi connectivity index (χ2n) is 8.96. The molecule has 5 atom stereocenters. The Balaban J connectivity index is 2.61. The molecule has 0 unspecified atom stereocenters. The van der Waals surface area contributed by atoms with Gasteiger partial charge in [0.1, 0.15) is 6.10 Å². The van der Waals surface area contributed by atoms with Crippen LogP contribution in [-0.4, -0.2) is 56.9 Å². The predicted octanol–water partition coefficient (Wildman–Crippen LogP) is 3.78. The average Bonchev–Trinajstić information content (AvgIpc) is 2.66. The van der Waals surface area contributed by atoms with Crippen LogP contribution in [0.2, 0.25) is 0 Å². The van der Waals surface area contributed by atoms with E-state index in [1.165, 1.54) is 50.7 Å². The summed E-state index contributed by atoms with van der Waals surface area (Å²) in [4.78, 5) is 12.1. The number of hydrogen-bond donors (Lipinski definition) is 4. The van der Waals surface area contributed by atoms with E-state index in [4.69, 9.17) is 4.74 Å². The summed E-state index contributed by atoms with van der Waals surface area (Å²) in [6.07, 6.45) is 12.7. The summed E-state index contributed by atoms with van der Waals surface area (Å²) >= 11 is 0. The molecule has 0 amide bonds. The Morgan fingerprint density at radius 1 is 0.867 bits per heavy atom. The molecule has 0 fully saturated rings. The van der Waals surface area contributed by atoms with Gasteiger partial charge in [0.15, 0.2) is 0 Å². The van der Waals surface area contributed by atoms with Crippen molar-refractivity contribution in [1.29, 1.82) is 0 Å². The molecule has 0 aliphatic carbocycles. The summed E-state index contributed by atoms with van der Waals surface area (Å²) in [5, 5.41) is 40.1. The predicted molar refractivity (Wildman–Crippen MR) is 118 cm³/mol. The number of esters is 1. The molecule has 0 saturated carbocycles. The third kappa shape index (κ3) is 14.9. The van der Waals surface area contributed by atoms with Crippen LogP contribution in [0.15, 0.2) is 12.2 Å². The molecule has 1 aliphatic rings. The highest BCUT2D eigenvalue weighted by Crippen LogP contribution is 2.18. The lowest BCUT2D eigenvalue weighted by atomic mass is 10.00. The van der Waals surface area contributed by atoms with E-state index in [0.29, 0.717) is 19.3 Å². The fourth-order valence-electron chi connectivity index (χ4n) is 4.04. The SMILES string of the molecule is C[C@@H](O)C[C@@H]1C[C@H](O)CCCCCCCCCCCC[C@H](O)C[C@H](O)/C=C\C(=O)O1. The maximum absolute atomic E-state index is 12.1. The Morgan fingerprint density at radius 3 is 1.83 bits per heavy atom. The second kappa shape index (κ2) is 16.7. The quantitative estimate of drug-likeness (QED) is 0.499. The van der Waals surface area contributed by atoms with Crippen molar-refractivity contribution in [2.24, 2.45) is 0 Å². The summed E-state index contributed by atoms with van der Waals surface area (Å²) in [7, 11) is 0. The van der Waals surface area contributed by atoms with Gasteiger partial charge >= 0.3 is 5.97 Å². The van der Waals surface area contributed by atoms with E-state index in [-0.39, 0.29) is 12.8 Å². The fraction of sp³-hybridized carbons (Fsp3) is 0.875. The van der Waals surface area contributed by atoms with Gasteiger partial charge in [0.05, 0.1) is 24.4 Å². The Kier molecular flexibility index (Phi) is 15.1. The lowest BCUT2D eigenvalue weighted by Gasteiger charge is -2.21. The highest BCUT2D eigenvalue weighted by atomic mass is 16.5. The van der Waals surface area contributed by atoms with E-state index in [2.05, 4.69) is 0 Å². The first-order valence-electron chi connectivity index (χ1n) is 12.0. The molecule has 1 heterocycles. The van der Waals surface area contributed by atoms with Crippen molar-refractivity contribution in [2.45, 2.75) is 134 Å². The van der Waals surface area contributed by atoms with Crippen molar-refractivity contribution in [2.75, 3.05) is 0 Å². The number of rotatable bonds is 2.